The van der Waals surface area contributed by atoms with Crippen molar-refractivity contribution in [1.29, 1.82) is 0 Å². The van der Waals surface area contributed by atoms with Crippen LogP contribution < -0.4 is 0 Å². The van der Waals surface area contributed by atoms with Crippen LogP contribution in [0.25, 0.3) is 127 Å². The molecule has 2 aliphatic rings. The molecule has 0 fully saturated rings. The highest BCUT2D eigenvalue weighted by atomic mass is 32.1. The first-order chi connectivity index (χ1) is 61.3. The Balaban J connectivity index is 0.000000117. The van der Waals surface area contributed by atoms with Crippen LogP contribution in [0.3, 0.4) is 0 Å². The average Bonchev–Trinajstić information content (AvgIpc) is 1.62. The van der Waals surface area contributed by atoms with Gasteiger partial charge in [0, 0.05) is 93.0 Å². The zero-order valence-corrected chi connectivity index (χ0v) is 78.5. The molecule has 5 heteroatoms. The van der Waals surface area contributed by atoms with Crippen LogP contribution >= 0.6 is 34.0 Å². The number of furan rings is 2. The summed E-state index contributed by atoms with van der Waals surface area (Å²) < 4.78 is 84.0. The predicted octanol–water partition coefficient (Wildman–Crippen LogP) is 36.1. The minimum atomic E-state index is -2.17. The maximum atomic E-state index is 8.17. The number of aryl methyl sites for hydroxylation is 3. The van der Waals surface area contributed by atoms with Crippen molar-refractivity contribution in [2.45, 2.75) is 223 Å². The SMILES string of the molecule is CC(C)(C)c1ccc2c(c1)Cc1ccccc1-2.CC(C)(C)c1ccc2sc3ccccc3c2c1.CC(C)(C)c1cccc2c1sc1ccccc12.CC(C)(C)c1cccc2sc3ccccc3c12.[2H]C([2H])(C)c1ccc2oc3ccccc3c2c1C(C)(C)C.[2H]C([2H])([2H])c1c(C(C)(C)C)ccc2oc3ccccc3c12.[2H]C([2H])([2H])c1cc2c(cc1C(C)(C)C)Cc1ccccc1-2. The number of thiophene rings is 3. The van der Waals surface area contributed by atoms with Gasteiger partial charge in [0.15, 0.2) is 0 Å². The molecule has 0 N–H and O–H groups in total. The predicted molar refractivity (Wildman–Crippen MR) is 545 cm³/mol. The Morgan fingerprint density at radius 1 is 0.285 bits per heavy atom. The van der Waals surface area contributed by atoms with E-state index in [2.05, 4.69) is 313 Å². The van der Waals surface area contributed by atoms with Gasteiger partial charge in [0.1, 0.15) is 22.3 Å². The molecular weight excluding hydrogens is 1550 g/mol. The molecular formula is C118H124O2S3. The molecule has 0 spiro atoms. The molecule has 5 heterocycles. The van der Waals surface area contributed by atoms with E-state index in [0.717, 1.165) is 79.0 Å². The summed E-state index contributed by atoms with van der Waals surface area (Å²) in [5, 5.41) is 12.1. The largest absolute Gasteiger partial charge is 0.456 e. The van der Waals surface area contributed by atoms with Gasteiger partial charge in [0.05, 0.1) is 0 Å². The Morgan fingerprint density at radius 2 is 0.724 bits per heavy atom. The molecule has 0 bridgehead atoms. The average molecular weight is 1680 g/mol. The number of para-hydroxylation sites is 2. The lowest BCUT2D eigenvalue weighted by molar-refractivity contribution is 0.585. The van der Waals surface area contributed by atoms with Gasteiger partial charge in [-0.05, 0) is 232 Å². The second-order valence-electron chi connectivity index (χ2n) is 40.4. The third-order valence-electron chi connectivity index (χ3n) is 24.0. The summed E-state index contributed by atoms with van der Waals surface area (Å²) in [4.78, 5) is 0. The van der Waals surface area contributed by atoms with Crippen LogP contribution in [-0.2, 0) is 57.1 Å². The summed E-state index contributed by atoms with van der Waals surface area (Å²) in [5.41, 5.74) is 24.2. The van der Waals surface area contributed by atoms with Gasteiger partial charge < -0.3 is 8.83 Å². The van der Waals surface area contributed by atoms with Crippen molar-refractivity contribution in [3.8, 4) is 22.3 Å². The van der Waals surface area contributed by atoms with E-state index in [4.69, 9.17) is 19.8 Å². The standard InChI is InChI=1S/C18H20O.C18H20.C17H18O.C17H18.3C16H16S/c1-5-12-10-11-15-16(17(12)18(2,3)4)13-8-6-7-9-14(13)19-15;1-12-9-16-14(11-17(12)18(2,3)4)10-13-7-5-6-8-15(13)16;1-11-13(17(2,3)4)9-10-15-16(11)12-7-5-6-8-14(12)18-15;1-17(2,3)14-8-9-16-13(11-14)10-12-6-4-5-7-15(12)16;1-16(2,3)13-9-6-8-12-11-7-4-5-10-14(11)17-15(12)13;1-16(2,3)12-8-6-10-14-15(12)11-7-4-5-9-13(11)17-14;1-16(2,3)11-8-9-15-13(10-11)12-6-4-5-7-14(12)17-15/h6-11H,5H2,1-4H3;5-9,11H,10H2,1-4H3;5-10H,1-4H3;4-9,11H,10H2,1-3H3;3*4-10H,1-3H3/i5D2;2*1D3;;;;. The molecule has 626 valence electrons. The van der Waals surface area contributed by atoms with E-state index in [0.29, 0.717) is 16.7 Å². The van der Waals surface area contributed by atoms with E-state index in [9.17, 15) is 0 Å². The third kappa shape index (κ3) is 18.2. The molecule has 0 radical (unpaired) electrons. The van der Waals surface area contributed by atoms with Gasteiger partial charge in [0.25, 0.3) is 0 Å². The number of hydrogen-bond donors (Lipinski definition) is 0. The smallest absolute Gasteiger partial charge is 0.135 e. The summed E-state index contributed by atoms with van der Waals surface area (Å²) in [7, 11) is 0. The van der Waals surface area contributed by atoms with Crippen LogP contribution in [0.4, 0.5) is 0 Å². The molecule has 2 nitrogen and oxygen atoms in total. The topological polar surface area (TPSA) is 26.3 Å². The lowest BCUT2D eigenvalue weighted by atomic mass is 9.80. The van der Waals surface area contributed by atoms with Crippen LogP contribution in [-0.4, -0.2) is 0 Å². The van der Waals surface area contributed by atoms with E-state index in [1.807, 2.05) is 146 Å². The zero-order valence-electron chi connectivity index (χ0n) is 84.0. The van der Waals surface area contributed by atoms with E-state index < -0.39 is 20.1 Å². The van der Waals surface area contributed by atoms with Gasteiger partial charge in [-0.2, -0.15) is 0 Å². The second-order valence-corrected chi connectivity index (χ2v) is 43.6. The third-order valence-corrected chi connectivity index (χ3v) is 27.5. The first-order valence-corrected chi connectivity index (χ1v) is 45.9. The van der Waals surface area contributed by atoms with E-state index in [-0.39, 0.29) is 37.9 Å². The second kappa shape index (κ2) is 34.1. The maximum absolute atomic E-state index is 8.17. The van der Waals surface area contributed by atoms with Gasteiger partial charge in [0.2, 0.25) is 0 Å². The van der Waals surface area contributed by atoms with Crippen molar-refractivity contribution in [3.05, 3.63) is 357 Å². The Labute approximate surface area is 755 Å². The molecule has 0 amide bonds. The molecule has 14 aromatic carbocycles. The van der Waals surface area contributed by atoms with Crippen molar-refractivity contribution >= 4 is 138 Å². The van der Waals surface area contributed by atoms with Crippen molar-refractivity contribution < 1.29 is 19.8 Å². The highest BCUT2D eigenvalue weighted by Gasteiger charge is 2.29. The Morgan fingerprint density at radius 3 is 1.30 bits per heavy atom. The molecule has 19 aromatic rings. The minimum absolute atomic E-state index is 0.162. The maximum Gasteiger partial charge on any atom is 0.135 e. The van der Waals surface area contributed by atoms with Gasteiger partial charge >= 0.3 is 0 Å². The molecule has 0 saturated carbocycles. The van der Waals surface area contributed by atoms with Crippen molar-refractivity contribution in [1.82, 2.24) is 0 Å². The minimum Gasteiger partial charge on any atom is -0.456 e. The summed E-state index contributed by atoms with van der Waals surface area (Å²) in [6.45, 7) is 43.4. The van der Waals surface area contributed by atoms with Gasteiger partial charge in [-0.3, -0.25) is 0 Å². The highest BCUT2D eigenvalue weighted by Crippen LogP contribution is 2.47. The summed E-state index contributed by atoms with van der Waals surface area (Å²) in [5.74, 6) is 0. The van der Waals surface area contributed by atoms with Gasteiger partial charge in [-0.25, -0.2) is 0 Å². The molecule has 0 aliphatic heterocycles. The first kappa shape index (κ1) is 77.2. The van der Waals surface area contributed by atoms with Crippen LogP contribution in [0.1, 0.15) is 241 Å². The van der Waals surface area contributed by atoms with Crippen LogP contribution in [0.2, 0.25) is 0 Å². The summed E-state index contributed by atoms with van der Waals surface area (Å²) in [6.07, 6.45) is 0.612. The monoisotopic (exact) mass is 1680 g/mol. The number of rotatable bonds is 1. The van der Waals surface area contributed by atoms with E-state index >= 15 is 0 Å². The first-order valence-electron chi connectivity index (χ1n) is 47.4. The molecule has 5 aromatic heterocycles. The molecule has 0 atom stereocenters. The number of fused-ring (bicyclic) bond motifs is 21. The fraction of sp³-hybridized carbons (Fsp3) is 0.288. The van der Waals surface area contributed by atoms with Crippen LogP contribution in [0.15, 0.2) is 288 Å². The number of benzene rings is 14. The van der Waals surface area contributed by atoms with Crippen molar-refractivity contribution in [2.24, 2.45) is 0 Å². The lowest BCUT2D eigenvalue weighted by Crippen LogP contribution is -2.14. The fourth-order valence-electron chi connectivity index (χ4n) is 17.6. The molecule has 0 saturated heterocycles. The Bertz CT molecular complexity index is 7300. The highest BCUT2D eigenvalue weighted by molar-refractivity contribution is 7.26. The van der Waals surface area contributed by atoms with E-state index in [1.54, 1.807) is 6.92 Å². The molecule has 0 unspecified atom stereocenters. The normalized spacial score (nSPS) is 14.0. The van der Waals surface area contributed by atoms with Gasteiger partial charge in [-0.1, -0.05) is 371 Å². The Hall–Kier alpha value is -10.7. The van der Waals surface area contributed by atoms with Crippen molar-refractivity contribution in [2.75, 3.05) is 0 Å². The number of hydrogen-bond acceptors (Lipinski definition) is 5. The molecule has 2 aliphatic carbocycles. The summed E-state index contributed by atoms with van der Waals surface area (Å²) >= 11 is 5.69. The van der Waals surface area contributed by atoms with Crippen LogP contribution in [0.5, 0.6) is 0 Å². The fourth-order valence-corrected chi connectivity index (χ4v) is 21.2. The zero-order chi connectivity index (χ0) is 94.4. The summed E-state index contributed by atoms with van der Waals surface area (Å²) in [6, 6.07) is 97.3. The quantitative estimate of drug-likeness (QED) is 0.164. The lowest BCUT2D eigenvalue weighted by Gasteiger charge is -2.23. The molecule has 123 heavy (non-hydrogen) atoms. The Kier molecular flexibility index (Phi) is 21.4. The molecule has 21 rings (SSSR count). The van der Waals surface area contributed by atoms with Gasteiger partial charge in [-0.15, -0.1) is 34.0 Å². The van der Waals surface area contributed by atoms with E-state index in [1.165, 1.54) is 122 Å². The van der Waals surface area contributed by atoms with Crippen LogP contribution in [0, 0.1) is 13.7 Å². The van der Waals surface area contributed by atoms with Crippen molar-refractivity contribution in [3.63, 3.8) is 0 Å².